The molecule has 0 radical (unpaired) electrons. The first-order chi connectivity index (χ1) is 15.8. The number of nitrogens with zero attached hydrogens (tertiary/aromatic N) is 3. The third-order valence-corrected chi connectivity index (χ3v) is 7.03. The summed E-state index contributed by atoms with van der Waals surface area (Å²) >= 11 is 0. The smallest absolute Gasteiger partial charge is 0.0973 e. The van der Waals surface area contributed by atoms with Crippen molar-refractivity contribution in [1.29, 1.82) is 0 Å². The fourth-order valence-corrected chi connectivity index (χ4v) is 5.31. The Hall–Kier alpha value is -3.08. The molecule has 1 N–H and O–H groups in total. The van der Waals surface area contributed by atoms with Crippen LogP contribution in [0.3, 0.4) is 0 Å². The van der Waals surface area contributed by atoms with Crippen LogP contribution in [0.15, 0.2) is 78.9 Å². The van der Waals surface area contributed by atoms with Gasteiger partial charge in [-0.05, 0) is 49.0 Å². The van der Waals surface area contributed by atoms with Crippen molar-refractivity contribution in [3.05, 3.63) is 84.4 Å². The molecule has 2 aliphatic rings. The minimum Gasteiger partial charge on any atom is -0.317 e. The Morgan fingerprint density at radius 3 is 1.88 bits per heavy atom. The maximum atomic E-state index is 5.02. The monoisotopic (exact) mass is 420 g/mol. The summed E-state index contributed by atoms with van der Waals surface area (Å²) in [6, 6.07) is 27.4. The molecule has 1 spiro atoms. The first kappa shape index (κ1) is 19.6. The Balaban J connectivity index is 1.27. The molecule has 0 bridgehead atoms. The van der Waals surface area contributed by atoms with E-state index in [0.717, 1.165) is 40.1 Å². The van der Waals surface area contributed by atoms with E-state index in [-0.39, 0.29) is 0 Å². The van der Waals surface area contributed by atoms with E-state index in [1.807, 2.05) is 30.3 Å². The fraction of sp³-hybridized carbons (Fsp3) is 0.286. The average molecular weight is 421 g/mol. The lowest BCUT2D eigenvalue weighted by molar-refractivity contribution is -0.0282. The minimum absolute atomic E-state index is 0.580. The third-order valence-electron chi connectivity index (χ3n) is 7.03. The van der Waals surface area contributed by atoms with Crippen molar-refractivity contribution >= 4 is 11.0 Å². The van der Waals surface area contributed by atoms with Gasteiger partial charge in [0.1, 0.15) is 0 Å². The summed E-state index contributed by atoms with van der Waals surface area (Å²) in [7, 11) is 0. The highest BCUT2D eigenvalue weighted by atomic mass is 15.2. The molecule has 2 aliphatic heterocycles. The van der Waals surface area contributed by atoms with Crippen molar-refractivity contribution in [2.45, 2.75) is 19.4 Å². The van der Waals surface area contributed by atoms with Crippen molar-refractivity contribution < 1.29 is 0 Å². The Morgan fingerprint density at radius 1 is 0.688 bits per heavy atom. The third kappa shape index (κ3) is 3.70. The van der Waals surface area contributed by atoms with E-state index in [0.29, 0.717) is 5.41 Å². The number of hydrogen-bond acceptors (Lipinski definition) is 4. The number of likely N-dealkylation sites (tertiary alicyclic amines) is 1. The molecule has 32 heavy (non-hydrogen) atoms. The molecule has 160 valence electrons. The maximum Gasteiger partial charge on any atom is 0.0973 e. The summed E-state index contributed by atoms with van der Waals surface area (Å²) in [5.74, 6) is 0. The second-order valence-electron chi connectivity index (χ2n) is 9.37. The molecule has 4 heteroatoms. The molecule has 2 fully saturated rings. The molecule has 3 aromatic carbocycles. The molecular weight excluding hydrogens is 392 g/mol. The largest absolute Gasteiger partial charge is 0.317 e. The quantitative estimate of drug-likeness (QED) is 0.496. The first-order valence-electron chi connectivity index (χ1n) is 11.6. The Morgan fingerprint density at radius 2 is 1.25 bits per heavy atom. The van der Waals surface area contributed by atoms with E-state index in [1.54, 1.807) is 0 Å². The summed E-state index contributed by atoms with van der Waals surface area (Å²) < 4.78 is 0. The van der Waals surface area contributed by atoms with Crippen LogP contribution in [0.4, 0.5) is 0 Å². The zero-order valence-corrected chi connectivity index (χ0v) is 18.3. The molecule has 1 aromatic heterocycles. The van der Waals surface area contributed by atoms with Gasteiger partial charge in [0.05, 0.1) is 22.4 Å². The van der Waals surface area contributed by atoms with E-state index in [2.05, 4.69) is 58.7 Å². The zero-order valence-electron chi connectivity index (χ0n) is 18.3. The number of hydrogen-bond donors (Lipinski definition) is 1. The average Bonchev–Trinajstić information content (AvgIpc) is 2.84. The molecule has 0 amide bonds. The number of aromatic nitrogens is 2. The second kappa shape index (κ2) is 8.12. The summed E-state index contributed by atoms with van der Waals surface area (Å²) in [5.41, 5.74) is 7.90. The van der Waals surface area contributed by atoms with E-state index < -0.39 is 0 Å². The molecular formula is C28H28N4. The van der Waals surface area contributed by atoms with Crippen molar-refractivity contribution in [2.75, 3.05) is 26.2 Å². The molecule has 4 nitrogen and oxygen atoms in total. The molecule has 0 unspecified atom stereocenters. The number of fused-ring (bicyclic) bond motifs is 1. The highest BCUT2D eigenvalue weighted by Crippen LogP contribution is 2.39. The van der Waals surface area contributed by atoms with Gasteiger partial charge in [-0.15, -0.1) is 0 Å². The molecule has 0 aliphatic carbocycles. The van der Waals surface area contributed by atoms with E-state index in [1.165, 1.54) is 44.6 Å². The molecule has 0 atom stereocenters. The van der Waals surface area contributed by atoms with Crippen LogP contribution in [0.1, 0.15) is 18.4 Å². The number of benzene rings is 3. The summed E-state index contributed by atoms with van der Waals surface area (Å²) in [6.45, 7) is 5.87. The lowest BCUT2D eigenvalue weighted by Crippen LogP contribution is -2.59. The Kier molecular flexibility index (Phi) is 4.97. The lowest BCUT2D eigenvalue weighted by Gasteiger charge is -2.52. The summed E-state index contributed by atoms with van der Waals surface area (Å²) in [5, 5.41) is 3.49. The van der Waals surface area contributed by atoms with Gasteiger partial charge < -0.3 is 5.32 Å². The van der Waals surface area contributed by atoms with Crippen LogP contribution in [-0.4, -0.2) is 41.0 Å². The lowest BCUT2D eigenvalue weighted by atomic mass is 9.72. The van der Waals surface area contributed by atoms with E-state index in [9.17, 15) is 0 Å². The predicted octanol–water partition coefficient (Wildman–Crippen LogP) is 5.15. The number of para-hydroxylation sites is 2. The van der Waals surface area contributed by atoms with Crippen LogP contribution in [0.25, 0.3) is 33.5 Å². The highest BCUT2D eigenvalue weighted by Gasteiger charge is 2.42. The second-order valence-corrected chi connectivity index (χ2v) is 9.37. The predicted molar refractivity (Wildman–Crippen MR) is 130 cm³/mol. The summed E-state index contributed by atoms with van der Waals surface area (Å²) in [4.78, 5) is 12.6. The molecule has 6 rings (SSSR count). The normalized spacial score (nSPS) is 18.0. The van der Waals surface area contributed by atoms with Crippen LogP contribution >= 0.6 is 0 Å². The van der Waals surface area contributed by atoms with Gasteiger partial charge in [-0.3, -0.25) is 4.90 Å². The van der Waals surface area contributed by atoms with Crippen LogP contribution < -0.4 is 5.32 Å². The standard InChI is InChI=1S/C28H28N4/c1-2-6-22(7-3-1)26-27(31-25-9-5-4-8-24(25)30-26)23-12-10-21(11-13-23)18-32-19-28(20-32)14-16-29-17-15-28/h1-13,29H,14-20H2. The van der Waals surface area contributed by atoms with Gasteiger partial charge in [-0.2, -0.15) is 0 Å². The van der Waals surface area contributed by atoms with E-state index in [4.69, 9.17) is 9.97 Å². The topological polar surface area (TPSA) is 41.1 Å². The van der Waals surface area contributed by atoms with E-state index >= 15 is 0 Å². The number of piperidine rings is 1. The van der Waals surface area contributed by atoms with Gasteiger partial charge in [0.15, 0.2) is 0 Å². The minimum atomic E-state index is 0.580. The Labute approximate surface area is 189 Å². The fourth-order valence-electron chi connectivity index (χ4n) is 5.31. The molecule has 3 heterocycles. The van der Waals surface area contributed by atoms with Gasteiger partial charge in [-0.1, -0.05) is 66.7 Å². The van der Waals surface area contributed by atoms with Crippen LogP contribution in [0.5, 0.6) is 0 Å². The molecule has 0 saturated carbocycles. The highest BCUT2D eigenvalue weighted by molar-refractivity contribution is 5.86. The van der Waals surface area contributed by atoms with Gasteiger partial charge in [0.25, 0.3) is 0 Å². The molecule has 4 aromatic rings. The number of rotatable bonds is 4. The SMILES string of the molecule is c1ccc(-c2nc3ccccc3nc2-c2ccc(CN3CC4(CCNCC4)C3)cc2)cc1. The first-order valence-corrected chi connectivity index (χ1v) is 11.6. The van der Waals surface area contributed by atoms with Crippen LogP contribution in [0.2, 0.25) is 0 Å². The Bertz CT molecular complexity index is 1220. The summed E-state index contributed by atoms with van der Waals surface area (Å²) in [6.07, 6.45) is 2.65. The maximum absolute atomic E-state index is 5.02. The van der Waals surface area contributed by atoms with Crippen molar-refractivity contribution in [1.82, 2.24) is 20.2 Å². The van der Waals surface area contributed by atoms with Gasteiger partial charge in [-0.25, -0.2) is 9.97 Å². The molecule has 2 saturated heterocycles. The zero-order chi connectivity index (χ0) is 21.4. The van der Waals surface area contributed by atoms with Crippen molar-refractivity contribution in [3.63, 3.8) is 0 Å². The van der Waals surface area contributed by atoms with Crippen molar-refractivity contribution in [3.8, 4) is 22.5 Å². The van der Waals surface area contributed by atoms with Crippen LogP contribution in [0, 0.1) is 5.41 Å². The number of nitrogens with one attached hydrogen (secondary N) is 1. The van der Waals surface area contributed by atoms with Gasteiger partial charge in [0.2, 0.25) is 0 Å². The van der Waals surface area contributed by atoms with Crippen LogP contribution in [-0.2, 0) is 6.54 Å². The van der Waals surface area contributed by atoms with Gasteiger partial charge >= 0.3 is 0 Å². The van der Waals surface area contributed by atoms with Gasteiger partial charge in [0, 0.05) is 30.8 Å². The van der Waals surface area contributed by atoms with Crippen molar-refractivity contribution in [2.24, 2.45) is 5.41 Å².